The molecule has 2 fully saturated rings. The van der Waals surface area contributed by atoms with Gasteiger partial charge in [0.25, 0.3) is 5.24 Å². The van der Waals surface area contributed by atoms with Crippen LogP contribution in [0.3, 0.4) is 0 Å². The minimum atomic E-state index is -1.39. The molecule has 4 nitrogen and oxygen atoms in total. The van der Waals surface area contributed by atoms with Gasteiger partial charge < -0.3 is 5.32 Å². The zero-order valence-electron chi connectivity index (χ0n) is 39.3. The van der Waals surface area contributed by atoms with Crippen LogP contribution >= 0.6 is 11.6 Å². The Hall–Kier alpha value is -6.10. The summed E-state index contributed by atoms with van der Waals surface area (Å²) < 4.78 is 0. The maximum Gasteiger partial charge on any atom is 0.257 e. The molecule has 10 rings (SSSR count). The van der Waals surface area contributed by atoms with Gasteiger partial charge in [0.15, 0.2) is 5.54 Å². The third kappa shape index (κ3) is 9.06. The van der Waals surface area contributed by atoms with E-state index in [1.807, 2.05) is 13.0 Å². The van der Waals surface area contributed by atoms with Crippen molar-refractivity contribution in [3.8, 4) is 0 Å². The van der Waals surface area contributed by atoms with Crippen LogP contribution in [0.15, 0.2) is 179 Å². The number of aliphatic imine (C=N–C) groups is 2. The van der Waals surface area contributed by atoms with E-state index in [1.165, 1.54) is 75.8 Å². The van der Waals surface area contributed by atoms with E-state index in [4.69, 9.17) is 21.6 Å². The lowest BCUT2D eigenvalue weighted by molar-refractivity contribution is -0.113. The van der Waals surface area contributed by atoms with Crippen LogP contribution in [-0.2, 0) is 4.79 Å². The number of rotatable bonds is 12. The number of hydrogen-bond donors (Lipinski definition) is 1. The molecule has 5 heteroatoms. The molecule has 4 aliphatic rings. The number of carbonyl (C=O) groups is 1. The molecule has 0 spiro atoms. The van der Waals surface area contributed by atoms with Crippen molar-refractivity contribution < 1.29 is 4.79 Å². The number of dihydropyridines is 1. The van der Waals surface area contributed by atoms with Gasteiger partial charge in [-0.3, -0.25) is 14.8 Å². The van der Waals surface area contributed by atoms with Crippen LogP contribution in [0, 0.1) is 13.8 Å². The van der Waals surface area contributed by atoms with E-state index in [1.54, 1.807) is 0 Å². The Bertz CT molecular complexity index is 2790. The van der Waals surface area contributed by atoms with Crippen molar-refractivity contribution in [1.29, 1.82) is 0 Å². The molecule has 0 radical (unpaired) electrons. The molecule has 0 bridgehead atoms. The number of hydrogen-bond acceptors (Lipinski definition) is 4. The number of nitrogens with one attached hydrogen (secondary N) is 1. The highest BCUT2D eigenvalue weighted by atomic mass is 35.5. The lowest BCUT2D eigenvalue weighted by atomic mass is 9.80. The second-order valence-electron chi connectivity index (χ2n) is 19.6. The molecule has 1 unspecified atom stereocenters. The molecule has 1 atom stereocenters. The summed E-state index contributed by atoms with van der Waals surface area (Å²) in [5.41, 5.74) is 16.6. The molecule has 6 aromatic carbocycles. The Kier molecular flexibility index (Phi) is 13.1. The number of carbonyl (C=O) groups excluding carboxylic acids is 1. The summed E-state index contributed by atoms with van der Waals surface area (Å²) in [5.74, 6) is 0.748. The molecule has 338 valence electrons. The molecular formula is C62H62ClN3O. The van der Waals surface area contributed by atoms with Gasteiger partial charge in [0.1, 0.15) is 0 Å². The first kappa shape index (κ1) is 44.7. The Labute approximate surface area is 403 Å². The lowest BCUT2D eigenvalue weighted by Crippen LogP contribution is -2.56. The van der Waals surface area contributed by atoms with Crippen LogP contribution < -0.4 is 5.32 Å². The minimum absolute atomic E-state index is 0.00990. The van der Waals surface area contributed by atoms with Gasteiger partial charge in [-0.05, 0) is 145 Å². The van der Waals surface area contributed by atoms with Gasteiger partial charge in [-0.2, -0.15) is 0 Å². The van der Waals surface area contributed by atoms with E-state index in [9.17, 15) is 4.79 Å². The highest BCUT2D eigenvalue weighted by Crippen LogP contribution is 2.49. The molecule has 1 heterocycles. The summed E-state index contributed by atoms with van der Waals surface area (Å²) in [6.45, 7) is 6.44. The van der Waals surface area contributed by atoms with Crippen LogP contribution in [0.1, 0.15) is 157 Å². The predicted octanol–water partition coefficient (Wildman–Crippen LogP) is 15.9. The van der Waals surface area contributed by atoms with Crippen molar-refractivity contribution in [1.82, 2.24) is 5.32 Å². The predicted molar refractivity (Wildman–Crippen MR) is 279 cm³/mol. The molecular weight excluding hydrogens is 838 g/mol. The van der Waals surface area contributed by atoms with Gasteiger partial charge in [0.2, 0.25) is 0 Å². The second kappa shape index (κ2) is 19.6. The molecule has 0 aromatic heterocycles. The zero-order valence-corrected chi connectivity index (χ0v) is 40.0. The van der Waals surface area contributed by atoms with E-state index >= 15 is 0 Å². The molecule has 1 aliphatic heterocycles. The SMILES string of the molecule is CC(=Nc1c(C2CCCC2)cc(C)cc1C(c1ccccc1)c1ccccc1)C1(C(=O)Cl)C=CC2=C(N1)C(=Nc1c(C3CCCC3)cc(C)cc1C(c1ccccc1)c1ccccc1)CCC2. The van der Waals surface area contributed by atoms with Crippen molar-refractivity contribution in [3.63, 3.8) is 0 Å². The number of aryl methyl sites for hydroxylation is 2. The standard InChI is InChI=1S/C62H62ClN3O/c1-41-37-51(44-21-16-17-22-44)59(53(39-41)56(46-25-8-4-9-26-46)47-27-10-5-11-28-47)64-43(3)62(61(63)67)36-35-50-33-20-34-55(58(50)66-62)65-60-52(45-23-18-19-24-45)38-42(2)40-54(60)57(48-29-12-6-13-30-48)49-31-14-7-15-32-49/h4-15,25-32,35-40,44-45,56-57,66H,16-24,33-34H2,1-3H3. The van der Waals surface area contributed by atoms with Crippen molar-refractivity contribution in [2.24, 2.45) is 9.98 Å². The first-order chi connectivity index (χ1) is 32.8. The number of benzene rings is 6. The van der Waals surface area contributed by atoms with Gasteiger partial charge in [-0.25, -0.2) is 0 Å². The molecule has 1 N–H and O–H groups in total. The van der Waals surface area contributed by atoms with Gasteiger partial charge in [-0.1, -0.05) is 188 Å². The minimum Gasteiger partial charge on any atom is -0.362 e. The summed E-state index contributed by atoms with van der Waals surface area (Å²) in [7, 11) is 0. The van der Waals surface area contributed by atoms with Crippen LogP contribution in [0.25, 0.3) is 0 Å². The van der Waals surface area contributed by atoms with Gasteiger partial charge in [-0.15, -0.1) is 0 Å². The van der Waals surface area contributed by atoms with E-state index in [2.05, 4.69) is 171 Å². The van der Waals surface area contributed by atoms with E-state index in [0.29, 0.717) is 17.5 Å². The Morgan fingerprint density at radius 3 is 1.48 bits per heavy atom. The van der Waals surface area contributed by atoms with Crippen LogP contribution in [0.4, 0.5) is 11.4 Å². The number of halogens is 1. The Morgan fingerprint density at radius 1 is 0.597 bits per heavy atom. The fourth-order valence-electron chi connectivity index (χ4n) is 11.8. The molecule has 2 saturated carbocycles. The zero-order chi connectivity index (χ0) is 45.9. The van der Waals surface area contributed by atoms with Gasteiger partial charge >= 0.3 is 0 Å². The number of allylic oxidation sites excluding steroid dienone is 3. The van der Waals surface area contributed by atoms with Crippen molar-refractivity contribution in [2.75, 3.05) is 0 Å². The fraction of sp³-hybridized carbons (Fsp3) is 0.306. The quantitative estimate of drug-likeness (QED) is 0.0756. The Morgan fingerprint density at radius 2 is 1.03 bits per heavy atom. The molecule has 67 heavy (non-hydrogen) atoms. The monoisotopic (exact) mass is 899 g/mol. The first-order valence-corrected chi connectivity index (χ1v) is 25.2. The average Bonchev–Trinajstić information content (AvgIpc) is 4.11. The molecule has 6 aromatic rings. The highest BCUT2D eigenvalue weighted by molar-refractivity contribution is 6.68. The normalized spacial score (nSPS) is 19.7. The van der Waals surface area contributed by atoms with E-state index < -0.39 is 10.8 Å². The smallest absolute Gasteiger partial charge is 0.257 e. The maximum absolute atomic E-state index is 14.4. The summed E-state index contributed by atoms with van der Waals surface area (Å²) in [6.07, 6.45) is 16.2. The number of nitrogens with zero attached hydrogens (tertiary/aromatic N) is 2. The van der Waals surface area contributed by atoms with Crippen LogP contribution in [0.2, 0.25) is 0 Å². The summed E-state index contributed by atoms with van der Waals surface area (Å²) in [6, 6.07) is 52.8. The molecule has 3 aliphatic carbocycles. The third-order valence-corrected chi connectivity index (χ3v) is 15.4. The first-order valence-electron chi connectivity index (χ1n) is 24.8. The van der Waals surface area contributed by atoms with Crippen LogP contribution in [-0.4, -0.2) is 22.2 Å². The maximum atomic E-state index is 14.4. The van der Waals surface area contributed by atoms with Crippen molar-refractivity contribution >= 4 is 39.6 Å². The van der Waals surface area contributed by atoms with Gasteiger partial charge in [0.05, 0.1) is 28.5 Å². The summed E-state index contributed by atoms with van der Waals surface area (Å²) >= 11 is 6.94. The van der Waals surface area contributed by atoms with Gasteiger partial charge in [0, 0.05) is 11.8 Å². The topological polar surface area (TPSA) is 53.8 Å². The summed E-state index contributed by atoms with van der Waals surface area (Å²) in [5, 5.41) is 3.33. The Balaban J connectivity index is 1.13. The average molecular weight is 901 g/mol. The largest absolute Gasteiger partial charge is 0.362 e. The third-order valence-electron chi connectivity index (χ3n) is 15.1. The molecule has 0 amide bonds. The lowest BCUT2D eigenvalue weighted by Gasteiger charge is -2.37. The fourth-order valence-corrected chi connectivity index (χ4v) is 12.0. The van der Waals surface area contributed by atoms with Crippen LogP contribution in [0.5, 0.6) is 0 Å². The highest BCUT2D eigenvalue weighted by Gasteiger charge is 2.43. The molecule has 0 saturated heterocycles. The second-order valence-corrected chi connectivity index (χ2v) is 19.9. The van der Waals surface area contributed by atoms with E-state index in [-0.39, 0.29) is 11.8 Å². The summed E-state index contributed by atoms with van der Waals surface area (Å²) in [4.78, 5) is 26.0. The van der Waals surface area contributed by atoms with E-state index in [0.717, 1.165) is 78.9 Å². The van der Waals surface area contributed by atoms with Crippen molar-refractivity contribution in [2.45, 2.75) is 121 Å². The van der Waals surface area contributed by atoms with Crippen molar-refractivity contribution in [3.05, 3.63) is 225 Å².